The van der Waals surface area contributed by atoms with Crippen LogP contribution in [0.2, 0.25) is 0 Å². The lowest BCUT2D eigenvalue weighted by atomic mass is 10.0. The summed E-state index contributed by atoms with van der Waals surface area (Å²) >= 11 is 0. The van der Waals surface area contributed by atoms with Crippen molar-refractivity contribution in [2.75, 3.05) is 51.4 Å². The first-order chi connectivity index (χ1) is 47.7. The van der Waals surface area contributed by atoms with E-state index < -0.39 is 210 Å². The van der Waals surface area contributed by atoms with Crippen molar-refractivity contribution in [3.8, 4) is 0 Å². The Morgan fingerprint density at radius 3 is 1.61 bits per heavy atom. The summed E-state index contributed by atoms with van der Waals surface area (Å²) in [6.45, 7) is 0.285. The number of amides is 13. The van der Waals surface area contributed by atoms with Gasteiger partial charge in [-0.15, -0.1) is 0 Å². The summed E-state index contributed by atoms with van der Waals surface area (Å²) in [5, 5.41) is 48.1. The number of Topliss-reactive ketones (excluding diaryl/α,β-unsaturated/α-hetero) is 1. The highest BCUT2D eigenvalue weighted by Crippen LogP contribution is 2.20. The zero-order chi connectivity index (χ0) is 75.4. The second-order valence-corrected chi connectivity index (χ2v) is 26.2. The first-order valence-electron chi connectivity index (χ1n) is 32.5. The van der Waals surface area contributed by atoms with Gasteiger partial charge in [0.1, 0.15) is 70.0 Å². The van der Waals surface area contributed by atoms with E-state index in [1.807, 2.05) is 24.3 Å². The van der Waals surface area contributed by atoms with Gasteiger partial charge < -0.3 is 113 Å². The van der Waals surface area contributed by atoms with Gasteiger partial charge >= 0.3 is 0 Å². The van der Waals surface area contributed by atoms with Crippen molar-refractivity contribution in [3.63, 3.8) is 0 Å². The molecule has 2 heterocycles. The third kappa shape index (κ3) is 32.6. The summed E-state index contributed by atoms with van der Waals surface area (Å²) < 4.78 is 24.1. The Kier molecular flexibility index (Phi) is 37.1. The van der Waals surface area contributed by atoms with Crippen LogP contribution in [0.25, 0.3) is 10.9 Å². The standard InChI is InChI=1S/C61H97N21O18S/c1-4-5-13-42(77-60(98)48(31-84)82-58(96)46(25-35-27-69-32-73-35)81-56(94)44(18-19-49(63)87)79-59(97)47(30-83)74-50(88)29-71-33(2)85)54(92)78-43(55(93)76-41(52(65)90)20-23-101(3,99)100)17-16-36(86)28-68-21-9-8-15-40(51(64)89)75-57(95)45(24-34-26-72-39-14-7-6-11-37(34)39)80-53(91)38(62)12-10-22-70-61(66)67/h6-7,11,14,26-27,32,38,40-48,68,72,83-84H,4-5,8-10,12-13,15-25,28-31,62H2,1-3H3,(H2,63,87)(H2,64,89)(H2,65,90)(H,69,73)(H,71,85)(H,74,88)(H,75,95)(H,76,93)(H,77,98)(H,78,92)(H,79,97)(H,80,91)(H,81,94)(H,82,96)(H4,66,67,70)/t38-,40-,41-,42-,43-,44-,45-,46-,47-,48-/m0/s1. The van der Waals surface area contributed by atoms with Gasteiger partial charge in [0.15, 0.2) is 5.96 Å². The number of imidazole rings is 1. The van der Waals surface area contributed by atoms with Crippen LogP contribution in [0, 0.1) is 0 Å². The number of aromatic amines is 2. The largest absolute Gasteiger partial charge is 0.394 e. The number of fused-ring (bicyclic) bond motifs is 1. The van der Waals surface area contributed by atoms with Crippen molar-refractivity contribution >= 4 is 109 Å². The van der Waals surface area contributed by atoms with Crippen LogP contribution < -0.4 is 92.9 Å². The molecule has 0 radical (unpaired) electrons. The number of para-hydroxylation sites is 1. The Bertz CT molecular complexity index is 3460. The van der Waals surface area contributed by atoms with Gasteiger partial charge in [0.05, 0.1) is 44.4 Å². The molecule has 0 aliphatic heterocycles. The number of guanidine groups is 1. The van der Waals surface area contributed by atoms with Gasteiger partial charge in [-0.05, 0) is 76.0 Å². The maximum absolute atomic E-state index is 14.3. The summed E-state index contributed by atoms with van der Waals surface area (Å²) in [5.41, 5.74) is 35.2. The van der Waals surface area contributed by atoms with E-state index in [1.54, 1.807) is 13.1 Å². The van der Waals surface area contributed by atoms with Crippen molar-refractivity contribution in [3.05, 3.63) is 54.2 Å². The van der Waals surface area contributed by atoms with E-state index in [1.165, 1.54) is 12.5 Å². The number of ketones is 1. The molecule has 0 bridgehead atoms. The fourth-order valence-electron chi connectivity index (χ4n) is 9.85. The van der Waals surface area contributed by atoms with E-state index in [4.69, 9.17) is 34.4 Å². The van der Waals surface area contributed by atoms with Crippen LogP contribution >= 0.6 is 0 Å². The van der Waals surface area contributed by atoms with E-state index in [-0.39, 0.29) is 76.2 Å². The molecular formula is C61H97N21O18S. The Labute approximate surface area is 582 Å². The molecule has 40 heteroatoms. The number of hydrogen-bond acceptors (Lipinski definition) is 22. The van der Waals surface area contributed by atoms with Crippen molar-refractivity contribution in [2.24, 2.45) is 39.4 Å². The second kappa shape index (κ2) is 44.0. The molecule has 39 nitrogen and oxygen atoms in total. The van der Waals surface area contributed by atoms with Crippen molar-refractivity contribution in [2.45, 2.75) is 171 Å². The van der Waals surface area contributed by atoms with Gasteiger partial charge in [0, 0.05) is 74.4 Å². The monoisotopic (exact) mass is 1440 g/mol. The Hall–Kier alpha value is -10.2. The molecule has 3 aromatic rings. The predicted molar refractivity (Wildman–Crippen MR) is 364 cm³/mol. The minimum atomic E-state index is -3.70. The number of hydrogen-bond donors (Lipinski definition) is 21. The van der Waals surface area contributed by atoms with Crippen LogP contribution in [0.1, 0.15) is 109 Å². The SMILES string of the molecule is CCCC[C@H](NC(=O)[C@H](CO)NC(=O)[C@H](Cc1cnc[nH]1)NC(=O)[C@H](CCC(N)=O)NC(=O)[C@H](CO)NC(=O)CNC(C)=O)C(=O)N[C@@H](CCC(=O)CNCCCC[C@H](NC(=O)[C@H](Cc1c[nH]c2ccccc12)NC(=O)[C@@H](N)CCCN=C(N)N)C(N)=O)C(=O)N[C@@H](CCS(C)(=O)=O)C(N)=O. The zero-order valence-corrected chi connectivity index (χ0v) is 57.4. The van der Waals surface area contributed by atoms with Crippen molar-refractivity contribution in [1.82, 2.24) is 73.4 Å². The molecule has 27 N–H and O–H groups in total. The topological polar surface area (TPSA) is 659 Å². The van der Waals surface area contributed by atoms with Crippen LogP contribution in [-0.2, 0) is 89.8 Å². The van der Waals surface area contributed by atoms with E-state index >= 15 is 0 Å². The van der Waals surface area contributed by atoms with Gasteiger partial charge in [-0.1, -0.05) is 38.0 Å². The van der Waals surface area contributed by atoms with Crippen molar-refractivity contribution in [1.29, 1.82) is 0 Å². The number of unbranched alkanes of at least 4 members (excludes halogenated alkanes) is 2. The van der Waals surface area contributed by atoms with Crippen LogP contribution in [-0.4, -0.2) is 234 Å². The van der Waals surface area contributed by atoms with Crippen LogP contribution in [0.3, 0.4) is 0 Å². The molecular weight excluding hydrogens is 1350 g/mol. The van der Waals surface area contributed by atoms with Gasteiger partial charge in [-0.2, -0.15) is 0 Å². The highest BCUT2D eigenvalue weighted by Gasteiger charge is 2.36. The smallest absolute Gasteiger partial charge is 0.245 e. The number of aliphatic imine (C=N–C) groups is 1. The van der Waals surface area contributed by atoms with E-state index in [0.29, 0.717) is 24.8 Å². The van der Waals surface area contributed by atoms with Gasteiger partial charge in [-0.25, -0.2) is 13.4 Å². The number of nitrogens with one attached hydrogen (secondary N) is 13. The number of benzene rings is 1. The molecule has 0 aliphatic rings. The van der Waals surface area contributed by atoms with Crippen LogP contribution in [0.5, 0.6) is 0 Å². The lowest BCUT2D eigenvalue weighted by molar-refractivity contribution is -0.136. The Morgan fingerprint density at radius 2 is 1.07 bits per heavy atom. The number of nitrogens with two attached hydrogens (primary N) is 6. The first kappa shape index (κ1) is 85.0. The fraction of sp³-hybridized carbons (Fsp3) is 0.574. The molecule has 3 rings (SSSR count). The third-order valence-electron chi connectivity index (χ3n) is 15.4. The molecule has 1 aromatic carbocycles. The van der Waals surface area contributed by atoms with E-state index in [2.05, 4.69) is 78.4 Å². The summed E-state index contributed by atoms with van der Waals surface area (Å²) in [7, 11) is -3.70. The molecule has 13 amide bonds. The van der Waals surface area contributed by atoms with Crippen LogP contribution in [0.15, 0.2) is 48.0 Å². The average molecular weight is 1440 g/mol. The lowest BCUT2D eigenvalue weighted by Gasteiger charge is -2.27. The molecule has 10 atom stereocenters. The number of aliphatic hydroxyl groups excluding tert-OH is 2. The predicted octanol–water partition coefficient (Wildman–Crippen LogP) is -8.49. The molecule has 560 valence electrons. The maximum atomic E-state index is 14.3. The second-order valence-electron chi connectivity index (χ2n) is 23.9. The number of aliphatic hydroxyl groups is 2. The molecule has 2 aromatic heterocycles. The molecule has 0 unspecified atom stereocenters. The summed E-state index contributed by atoms with van der Waals surface area (Å²) in [4.78, 5) is 199. The number of primary amides is 3. The number of carbonyl (C=O) groups excluding carboxylic acids is 14. The van der Waals surface area contributed by atoms with Crippen LogP contribution in [0.4, 0.5) is 0 Å². The Balaban J connectivity index is 1.77. The average Bonchev–Trinajstić information content (AvgIpc) is 1.75. The highest BCUT2D eigenvalue weighted by atomic mass is 32.2. The number of aromatic nitrogens is 3. The molecule has 0 saturated carbocycles. The van der Waals surface area contributed by atoms with Crippen molar-refractivity contribution < 1.29 is 85.8 Å². The quantitative estimate of drug-likeness (QED) is 0.0142. The molecule has 0 aliphatic carbocycles. The zero-order valence-electron chi connectivity index (χ0n) is 56.6. The number of sulfone groups is 1. The van der Waals surface area contributed by atoms with Gasteiger partial charge in [0.25, 0.3) is 0 Å². The molecule has 101 heavy (non-hydrogen) atoms. The lowest BCUT2D eigenvalue weighted by Crippen LogP contribution is -2.61. The number of H-pyrrole nitrogens is 2. The number of nitrogens with zero attached hydrogens (tertiary/aromatic N) is 2. The number of rotatable bonds is 50. The summed E-state index contributed by atoms with van der Waals surface area (Å²) in [6, 6.07) is -7.81. The fourth-order valence-corrected chi connectivity index (χ4v) is 10.5. The minimum Gasteiger partial charge on any atom is -0.394 e. The first-order valence-corrected chi connectivity index (χ1v) is 34.6. The van der Waals surface area contributed by atoms with Gasteiger partial charge in [0.2, 0.25) is 76.8 Å². The third-order valence-corrected chi connectivity index (χ3v) is 16.4. The summed E-state index contributed by atoms with van der Waals surface area (Å²) in [6.07, 6.45) is 4.18. The van der Waals surface area contributed by atoms with E-state index in [9.17, 15) is 85.8 Å². The van der Waals surface area contributed by atoms with E-state index in [0.717, 1.165) is 24.1 Å². The minimum absolute atomic E-state index is 0.00396. The summed E-state index contributed by atoms with van der Waals surface area (Å²) in [5.74, 6) is -13.6. The maximum Gasteiger partial charge on any atom is 0.245 e. The molecule has 0 saturated heterocycles. The molecule has 0 spiro atoms. The number of carbonyl (C=O) groups is 14. The highest BCUT2D eigenvalue weighted by molar-refractivity contribution is 7.90. The molecule has 0 fully saturated rings. The normalized spacial score (nSPS) is 14.2. The van der Waals surface area contributed by atoms with Gasteiger partial charge in [-0.3, -0.25) is 72.1 Å². The Morgan fingerprint density at radius 1 is 0.564 bits per heavy atom.